The first-order valence-electron chi connectivity index (χ1n) is 5.41. The third-order valence-electron chi connectivity index (χ3n) is 3.45. The van der Waals surface area contributed by atoms with E-state index in [9.17, 15) is 5.11 Å². The van der Waals surface area contributed by atoms with Gasteiger partial charge in [0.15, 0.2) is 0 Å². The van der Waals surface area contributed by atoms with Gasteiger partial charge in [0, 0.05) is 6.61 Å². The quantitative estimate of drug-likeness (QED) is 0.777. The Labute approximate surface area is 85.8 Å². The molecule has 1 N–H and O–H groups in total. The van der Waals surface area contributed by atoms with E-state index >= 15 is 0 Å². The third kappa shape index (κ3) is 1.83. The molecule has 1 aliphatic carbocycles. The van der Waals surface area contributed by atoms with E-state index in [0.29, 0.717) is 6.61 Å². The summed E-state index contributed by atoms with van der Waals surface area (Å²) in [5, 5.41) is 9.35. The van der Waals surface area contributed by atoms with E-state index in [0.717, 1.165) is 6.42 Å². The van der Waals surface area contributed by atoms with Crippen LogP contribution in [-0.4, -0.2) is 11.7 Å². The van der Waals surface area contributed by atoms with E-state index in [2.05, 4.69) is 31.2 Å². The molecule has 14 heavy (non-hydrogen) atoms. The zero-order chi connectivity index (χ0) is 10.0. The molecule has 0 atom stereocenters. The number of hydrogen-bond donors (Lipinski definition) is 1. The van der Waals surface area contributed by atoms with Gasteiger partial charge in [-0.05, 0) is 37.2 Å². The van der Waals surface area contributed by atoms with Crippen LogP contribution in [0.4, 0.5) is 0 Å². The second kappa shape index (κ2) is 3.74. The highest BCUT2D eigenvalue weighted by atomic mass is 16.3. The van der Waals surface area contributed by atoms with Gasteiger partial charge in [0.2, 0.25) is 0 Å². The summed E-state index contributed by atoms with van der Waals surface area (Å²) in [5.74, 6) is 0. The molecule has 0 saturated heterocycles. The van der Waals surface area contributed by atoms with Crippen molar-refractivity contribution in [1.29, 1.82) is 0 Å². The Bertz CT molecular complexity index is 290. The maximum Gasteiger partial charge on any atom is 0.0490 e. The Morgan fingerprint density at radius 1 is 1.21 bits per heavy atom. The standard InChI is InChI=1S/C13H18O/c1-11-3-5-12(6-4-11)9-13(10-14)7-2-8-13/h3-6,14H,2,7-10H2,1H3. The molecule has 1 aromatic carbocycles. The van der Waals surface area contributed by atoms with E-state index in [1.54, 1.807) is 0 Å². The lowest BCUT2D eigenvalue weighted by Crippen LogP contribution is -2.35. The smallest absolute Gasteiger partial charge is 0.0490 e. The Morgan fingerprint density at radius 3 is 2.29 bits per heavy atom. The summed E-state index contributed by atoms with van der Waals surface area (Å²) in [5.41, 5.74) is 2.89. The summed E-state index contributed by atoms with van der Waals surface area (Å²) in [6, 6.07) is 8.67. The average Bonchev–Trinajstić information content (AvgIpc) is 2.15. The van der Waals surface area contributed by atoms with Crippen LogP contribution in [0.1, 0.15) is 30.4 Å². The van der Waals surface area contributed by atoms with Crippen LogP contribution in [0.25, 0.3) is 0 Å². The number of hydrogen-bond acceptors (Lipinski definition) is 1. The fraction of sp³-hybridized carbons (Fsp3) is 0.538. The molecule has 1 aromatic rings. The molecule has 0 amide bonds. The van der Waals surface area contributed by atoms with Gasteiger partial charge in [-0.1, -0.05) is 36.2 Å². The summed E-state index contributed by atoms with van der Waals surface area (Å²) in [7, 11) is 0. The van der Waals surface area contributed by atoms with E-state index in [1.165, 1.54) is 30.4 Å². The molecule has 1 saturated carbocycles. The fourth-order valence-corrected chi connectivity index (χ4v) is 2.21. The molecule has 0 aliphatic heterocycles. The zero-order valence-corrected chi connectivity index (χ0v) is 8.79. The van der Waals surface area contributed by atoms with Crippen LogP contribution in [0.5, 0.6) is 0 Å². The summed E-state index contributed by atoms with van der Waals surface area (Å²) in [6.07, 6.45) is 4.71. The van der Waals surface area contributed by atoms with Crippen LogP contribution in [0.15, 0.2) is 24.3 Å². The molecule has 0 unspecified atom stereocenters. The molecule has 0 heterocycles. The van der Waals surface area contributed by atoms with E-state index in [-0.39, 0.29) is 5.41 Å². The van der Waals surface area contributed by atoms with Crippen molar-refractivity contribution in [2.75, 3.05) is 6.61 Å². The summed E-state index contributed by atoms with van der Waals surface area (Å²) < 4.78 is 0. The highest BCUT2D eigenvalue weighted by Gasteiger charge is 2.36. The van der Waals surface area contributed by atoms with Gasteiger partial charge < -0.3 is 5.11 Å². The Hall–Kier alpha value is -0.820. The topological polar surface area (TPSA) is 20.2 Å². The van der Waals surface area contributed by atoms with Crippen molar-refractivity contribution in [3.05, 3.63) is 35.4 Å². The van der Waals surface area contributed by atoms with E-state index in [1.807, 2.05) is 0 Å². The molecular weight excluding hydrogens is 172 g/mol. The second-order valence-corrected chi connectivity index (χ2v) is 4.67. The lowest BCUT2D eigenvalue weighted by atomic mass is 9.66. The summed E-state index contributed by atoms with van der Waals surface area (Å²) in [4.78, 5) is 0. The van der Waals surface area contributed by atoms with Crippen LogP contribution in [0.3, 0.4) is 0 Å². The first kappa shape index (κ1) is 9.72. The maximum atomic E-state index is 9.35. The van der Waals surface area contributed by atoms with Gasteiger partial charge in [-0.2, -0.15) is 0 Å². The predicted molar refractivity (Wildman–Crippen MR) is 58.3 cm³/mol. The molecule has 1 nitrogen and oxygen atoms in total. The summed E-state index contributed by atoms with van der Waals surface area (Å²) in [6.45, 7) is 2.45. The van der Waals surface area contributed by atoms with Gasteiger partial charge in [-0.3, -0.25) is 0 Å². The molecule has 0 aromatic heterocycles. The SMILES string of the molecule is Cc1ccc(CC2(CO)CCC2)cc1. The minimum Gasteiger partial charge on any atom is -0.396 e. The first-order chi connectivity index (χ1) is 6.74. The molecule has 0 spiro atoms. The van der Waals surface area contributed by atoms with E-state index in [4.69, 9.17) is 0 Å². The van der Waals surface area contributed by atoms with Gasteiger partial charge in [-0.25, -0.2) is 0 Å². The lowest BCUT2D eigenvalue weighted by molar-refractivity contribution is 0.0450. The number of rotatable bonds is 3. The molecule has 1 heteroatoms. The monoisotopic (exact) mass is 190 g/mol. The molecule has 0 bridgehead atoms. The Balaban J connectivity index is 2.06. The zero-order valence-electron chi connectivity index (χ0n) is 8.79. The van der Waals surface area contributed by atoms with Crippen LogP contribution in [0, 0.1) is 12.3 Å². The Morgan fingerprint density at radius 2 is 1.86 bits per heavy atom. The fourth-order valence-electron chi connectivity index (χ4n) is 2.21. The molecule has 1 fully saturated rings. The molecule has 1 aliphatic rings. The van der Waals surface area contributed by atoms with Crippen molar-refractivity contribution >= 4 is 0 Å². The van der Waals surface area contributed by atoms with Crippen LogP contribution < -0.4 is 0 Å². The first-order valence-corrected chi connectivity index (χ1v) is 5.41. The van der Waals surface area contributed by atoms with E-state index < -0.39 is 0 Å². The van der Waals surface area contributed by atoms with Gasteiger partial charge in [0.05, 0.1) is 0 Å². The molecule has 76 valence electrons. The minimum atomic E-state index is 0.218. The van der Waals surface area contributed by atoms with Crippen LogP contribution in [0.2, 0.25) is 0 Å². The maximum absolute atomic E-state index is 9.35. The number of aliphatic hydroxyl groups is 1. The number of benzene rings is 1. The van der Waals surface area contributed by atoms with Crippen molar-refractivity contribution in [2.24, 2.45) is 5.41 Å². The Kier molecular flexibility index (Phi) is 2.60. The average molecular weight is 190 g/mol. The number of aliphatic hydroxyl groups excluding tert-OH is 1. The van der Waals surface area contributed by atoms with Crippen molar-refractivity contribution < 1.29 is 5.11 Å². The minimum absolute atomic E-state index is 0.218. The summed E-state index contributed by atoms with van der Waals surface area (Å²) >= 11 is 0. The van der Waals surface area contributed by atoms with Crippen molar-refractivity contribution in [2.45, 2.75) is 32.6 Å². The van der Waals surface area contributed by atoms with Gasteiger partial charge in [-0.15, -0.1) is 0 Å². The van der Waals surface area contributed by atoms with Crippen molar-refractivity contribution in [3.8, 4) is 0 Å². The highest BCUT2D eigenvalue weighted by Crippen LogP contribution is 2.43. The molecule has 2 rings (SSSR count). The normalized spacial score (nSPS) is 19.0. The highest BCUT2D eigenvalue weighted by molar-refractivity contribution is 5.22. The van der Waals surface area contributed by atoms with Crippen molar-refractivity contribution in [1.82, 2.24) is 0 Å². The van der Waals surface area contributed by atoms with Gasteiger partial charge >= 0.3 is 0 Å². The lowest BCUT2D eigenvalue weighted by Gasteiger charge is -2.40. The largest absolute Gasteiger partial charge is 0.396 e. The van der Waals surface area contributed by atoms with Gasteiger partial charge in [0.1, 0.15) is 0 Å². The van der Waals surface area contributed by atoms with Crippen LogP contribution >= 0.6 is 0 Å². The predicted octanol–water partition coefficient (Wildman–Crippen LogP) is 2.70. The van der Waals surface area contributed by atoms with Gasteiger partial charge in [0.25, 0.3) is 0 Å². The van der Waals surface area contributed by atoms with Crippen LogP contribution in [-0.2, 0) is 6.42 Å². The molecule has 0 radical (unpaired) electrons. The number of aryl methyl sites for hydroxylation is 1. The molecular formula is C13H18O. The third-order valence-corrected chi connectivity index (χ3v) is 3.45. The second-order valence-electron chi connectivity index (χ2n) is 4.67. The van der Waals surface area contributed by atoms with Crippen molar-refractivity contribution in [3.63, 3.8) is 0 Å².